The molecule has 0 saturated heterocycles. The fourth-order valence-electron chi connectivity index (χ4n) is 2.98. The Labute approximate surface area is 130 Å². The van der Waals surface area contributed by atoms with E-state index in [4.69, 9.17) is 4.74 Å². The molecule has 0 bridgehead atoms. The second kappa shape index (κ2) is 6.13. The Morgan fingerprint density at radius 1 is 1.27 bits per heavy atom. The van der Waals surface area contributed by atoms with Gasteiger partial charge in [-0.2, -0.15) is 0 Å². The Kier molecular flexibility index (Phi) is 4.04. The van der Waals surface area contributed by atoms with Crippen LogP contribution in [0, 0.1) is 0 Å². The van der Waals surface area contributed by atoms with E-state index in [1.54, 1.807) is 7.11 Å². The average molecular weight is 299 g/mol. The number of carbonyl (C=O) groups excluding carboxylic acids is 1. The third-order valence-electron chi connectivity index (χ3n) is 4.23. The van der Waals surface area contributed by atoms with Crippen LogP contribution in [-0.2, 0) is 13.1 Å². The fourth-order valence-corrected chi connectivity index (χ4v) is 2.98. The monoisotopic (exact) mass is 299 g/mol. The molecule has 22 heavy (non-hydrogen) atoms. The number of fused-ring (bicyclic) bond motifs is 1. The number of rotatable bonds is 3. The molecular weight excluding hydrogens is 278 g/mol. The van der Waals surface area contributed by atoms with Crippen molar-refractivity contribution in [2.75, 3.05) is 13.7 Å². The summed E-state index contributed by atoms with van der Waals surface area (Å²) in [7, 11) is 1.64. The number of nitrogens with zero attached hydrogens (tertiary/aromatic N) is 2. The molecule has 0 unspecified atom stereocenters. The molecule has 1 aliphatic rings. The molecular formula is C17H21N3O2. The zero-order chi connectivity index (χ0) is 15.5. The summed E-state index contributed by atoms with van der Waals surface area (Å²) >= 11 is 0. The summed E-state index contributed by atoms with van der Waals surface area (Å²) in [5, 5.41) is 2.99. The van der Waals surface area contributed by atoms with Gasteiger partial charge in [-0.05, 0) is 25.1 Å². The van der Waals surface area contributed by atoms with Crippen LogP contribution in [0.3, 0.4) is 0 Å². The first kappa shape index (κ1) is 14.5. The topological polar surface area (TPSA) is 46.5 Å². The van der Waals surface area contributed by atoms with Gasteiger partial charge in [-0.15, -0.1) is 0 Å². The zero-order valence-electron chi connectivity index (χ0n) is 13.0. The largest absolute Gasteiger partial charge is 0.496 e. The van der Waals surface area contributed by atoms with Gasteiger partial charge in [0.25, 0.3) is 0 Å². The van der Waals surface area contributed by atoms with Crippen molar-refractivity contribution in [2.24, 2.45) is 0 Å². The molecule has 2 aromatic rings. The lowest BCUT2D eigenvalue weighted by Gasteiger charge is -2.34. The van der Waals surface area contributed by atoms with E-state index in [1.165, 1.54) is 5.69 Å². The summed E-state index contributed by atoms with van der Waals surface area (Å²) in [6.07, 6.45) is 2.07. The Balaban J connectivity index is 1.66. The second-order valence-corrected chi connectivity index (χ2v) is 5.47. The highest BCUT2D eigenvalue weighted by atomic mass is 16.5. The van der Waals surface area contributed by atoms with Crippen LogP contribution < -0.4 is 10.1 Å². The van der Waals surface area contributed by atoms with Crippen molar-refractivity contribution in [1.82, 2.24) is 14.8 Å². The minimum atomic E-state index is -0.0362. The molecule has 5 heteroatoms. The number of aromatic nitrogens is 1. The number of methoxy groups -OCH3 is 1. The van der Waals surface area contributed by atoms with Crippen LogP contribution in [-0.4, -0.2) is 29.2 Å². The van der Waals surface area contributed by atoms with E-state index in [9.17, 15) is 4.79 Å². The van der Waals surface area contributed by atoms with E-state index in [-0.39, 0.29) is 12.1 Å². The van der Waals surface area contributed by atoms with Crippen LogP contribution in [0.25, 0.3) is 0 Å². The third-order valence-corrected chi connectivity index (χ3v) is 4.23. The van der Waals surface area contributed by atoms with E-state index in [2.05, 4.69) is 29.1 Å². The molecule has 0 aliphatic carbocycles. The molecule has 0 fully saturated rings. The van der Waals surface area contributed by atoms with E-state index in [0.717, 1.165) is 24.4 Å². The number of amides is 2. The van der Waals surface area contributed by atoms with Gasteiger partial charge in [-0.25, -0.2) is 4.79 Å². The molecule has 116 valence electrons. The van der Waals surface area contributed by atoms with Gasteiger partial charge >= 0.3 is 6.03 Å². The van der Waals surface area contributed by atoms with Crippen molar-refractivity contribution >= 4 is 6.03 Å². The van der Waals surface area contributed by atoms with Crippen LogP contribution in [0.2, 0.25) is 0 Å². The van der Waals surface area contributed by atoms with Crippen LogP contribution in [0.5, 0.6) is 5.75 Å². The normalized spacial score (nSPS) is 17.0. The Morgan fingerprint density at radius 3 is 2.91 bits per heavy atom. The standard InChI is InChI=1S/C17H21N3O2/c1-13-15-7-5-9-19(15)10-11-20(13)17(21)18-12-14-6-3-4-8-16(14)22-2/h3-9,13H,10-12H2,1-2H3,(H,18,21)/t13-/m1/s1. The van der Waals surface area contributed by atoms with E-state index < -0.39 is 0 Å². The number of nitrogens with one attached hydrogen (secondary N) is 1. The lowest BCUT2D eigenvalue weighted by Crippen LogP contribution is -2.45. The van der Waals surface area contributed by atoms with Crippen LogP contribution in [0.1, 0.15) is 24.2 Å². The molecule has 3 rings (SSSR count). The molecule has 5 nitrogen and oxygen atoms in total. The summed E-state index contributed by atoms with van der Waals surface area (Å²) in [6.45, 7) is 4.09. The van der Waals surface area contributed by atoms with Crippen LogP contribution in [0.15, 0.2) is 42.6 Å². The van der Waals surface area contributed by atoms with Gasteiger partial charge in [-0.3, -0.25) is 0 Å². The lowest BCUT2D eigenvalue weighted by atomic mass is 10.1. The molecule has 2 amide bonds. The minimum Gasteiger partial charge on any atom is -0.496 e. The first-order valence-electron chi connectivity index (χ1n) is 7.52. The number of carbonyl (C=O) groups is 1. The van der Waals surface area contributed by atoms with Crippen molar-refractivity contribution in [1.29, 1.82) is 0 Å². The highest BCUT2D eigenvalue weighted by Crippen LogP contribution is 2.25. The summed E-state index contributed by atoms with van der Waals surface area (Å²) < 4.78 is 7.52. The van der Waals surface area contributed by atoms with Gasteiger partial charge in [0.1, 0.15) is 5.75 Å². The first-order valence-corrected chi connectivity index (χ1v) is 7.52. The maximum Gasteiger partial charge on any atom is 0.318 e. The van der Waals surface area contributed by atoms with Crippen LogP contribution >= 0.6 is 0 Å². The van der Waals surface area contributed by atoms with Crippen molar-refractivity contribution in [3.05, 3.63) is 53.9 Å². The first-order chi connectivity index (χ1) is 10.7. The van der Waals surface area contributed by atoms with E-state index >= 15 is 0 Å². The molecule has 1 aliphatic heterocycles. The molecule has 1 atom stereocenters. The number of benzene rings is 1. The van der Waals surface area contributed by atoms with Crippen molar-refractivity contribution in [3.63, 3.8) is 0 Å². The summed E-state index contributed by atoms with van der Waals surface area (Å²) in [5.41, 5.74) is 2.16. The molecule has 0 spiro atoms. The fraction of sp³-hybridized carbons (Fsp3) is 0.353. The van der Waals surface area contributed by atoms with Crippen molar-refractivity contribution < 1.29 is 9.53 Å². The summed E-state index contributed by atoms with van der Waals surface area (Å²) in [5.74, 6) is 0.795. The molecule has 0 radical (unpaired) electrons. The number of ether oxygens (including phenoxy) is 1. The van der Waals surface area contributed by atoms with Gasteiger partial charge in [-0.1, -0.05) is 18.2 Å². The van der Waals surface area contributed by atoms with Gasteiger partial charge in [0.15, 0.2) is 0 Å². The SMILES string of the molecule is COc1ccccc1CNC(=O)N1CCn2cccc2[C@H]1C. The van der Waals surface area contributed by atoms with Gasteiger partial charge < -0.3 is 19.5 Å². The maximum atomic E-state index is 12.5. The van der Waals surface area contributed by atoms with Gasteiger partial charge in [0.05, 0.1) is 13.2 Å². The zero-order valence-corrected chi connectivity index (χ0v) is 13.0. The van der Waals surface area contributed by atoms with Crippen molar-refractivity contribution in [3.8, 4) is 5.75 Å². The highest BCUT2D eigenvalue weighted by molar-refractivity contribution is 5.75. The lowest BCUT2D eigenvalue weighted by molar-refractivity contribution is 0.162. The molecule has 1 aromatic heterocycles. The second-order valence-electron chi connectivity index (χ2n) is 5.47. The molecule has 0 saturated carbocycles. The molecule has 2 heterocycles. The van der Waals surface area contributed by atoms with Crippen molar-refractivity contribution in [2.45, 2.75) is 26.1 Å². The number of urea groups is 1. The number of para-hydroxylation sites is 1. The Hall–Kier alpha value is -2.43. The molecule has 1 aromatic carbocycles. The third kappa shape index (κ3) is 2.66. The minimum absolute atomic E-state index is 0.0362. The van der Waals surface area contributed by atoms with Gasteiger partial charge in [0.2, 0.25) is 0 Å². The summed E-state index contributed by atoms with van der Waals surface area (Å²) in [6, 6.07) is 11.9. The van der Waals surface area contributed by atoms with Crippen LogP contribution in [0.4, 0.5) is 4.79 Å². The molecule has 1 N–H and O–H groups in total. The highest BCUT2D eigenvalue weighted by Gasteiger charge is 2.27. The quantitative estimate of drug-likeness (QED) is 0.947. The van der Waals surface area contributed by atoms with E-state index in [1.807, 2.05) is 35.2 Å². The smallest absolute Gasteiger partial charge is 0.318 e. The maximum absolute atomic E-state index is 12.5. The van der Waals surface area contributed by atoms with Gasteiger partial charge in [0, 0.05) is 37.1 Å². The van der Waals surface area contributed by atoms with E-state index in [0.29, 0.717) is 6.54 Å². The Morgan fingerprint density at radius 2 is 2.09 bits per heavy atom. The Bertz CT molecular complexity index is 665. The summed E-state index contributed by atoms with van der Waals surface area (Å²) in [4.78, 5) is 14.4. The average Bonchev–Trinajstić information content (AvgIpc) is 3.02. The predicted octanol–water partition coefficient (Wildman–Crippen LogP) is 2.78. The number of hydrogen-bond donors (Lipinski definition) is 1. The predicted molar refractivity (Wildman–Crippen MR) is 84.8 cm³/mol. The number of hydrogen-bond acceptors (Lipinski definition) is 2.